The van der Waals surface area contributed by atoms with E-state index in [1.807, 2.05) is 12.1 Å². The van der Waals surface area contributed by atoms with Gasteiger partial charge < -0.3 is 4.74 Å². The van der Waals surface area contributed by atoms with Crippen molar-refractivity contribution in [1.82, 2.24) is 9.88 Å². The first-order chi connectivity index (χ1) is 7.80. The first-order valence-corrected chi connectivity index (χ1v) is 5.43. The van der Waals surface area contributed by atoms with Gasteiger partial charge in [-0.1, -0.05) is 12.8 Å². The fourth-order valence-corrected chi connectivity index (χ4v) is 1.40. The molecule has 0 aromatic carbocycles. The number of terminal acetylenes is 1. The van der Waals surface area contributed by atoms with Crippen LogP contribution in [-0.2, 0) is 11.3 Å². The first-order valence-electron chi connectivity index (χ1n) is 5.43. The molecule has 86 valence electrons. The molecule has 0 aliphatic rings. The van der Waals surface area contributed by atoms with Crippen molar-refractivity contribution >= 4 is 0 Å². The Labute approximate surface area is 97.4 Å². The van der Waals surface area contributed by atoms with Crippen molar-refractivity contribution < 1.29 is 4.74 Å². The fourth-order valence-electron chi connectivity index (χ4n) is 1.40. The van der Waals surface area contributed by atoms with Crippen molar-refractivity contribution in [3.05, 3.63) is 29.6 Å². The Bertz CT molecular complexity index is 340. The van der Waals surface area contributed by atoms with Crippen LogP contribution in [0, 0.1) is 12.3 Å². The Hall–Kier alpha value is -1.37. The number of likely N-dealkylation sites (N-methyl/N-ethyl adjacent to an activating group) is 1. The van der Waals surface area contributed by atoms with Crippen LogP contribution in [0.4, 0.5) is 0 Å². The zero-order valence-corrected chi connectivity index (χ0v) is 9.94. The van der Waals surface area contributed by atoms with Crippen molar-refractivity contribution in [2.24, 2.45) is 0 Å². The molecule has 0 unspecified atom stereocenters. The van der Waals surface area contributed by atoms with Gasteiger partial charge in [0.05, 0.1) is 12.3 Å². The van der Waals surface area contributed by atoms with Gasteiger partial charge in [-0.3, -0.25) is 9.88 Å². The number of methoxy groups -OCH3 is 1. The van der Waals surface area contributed by atoms with E-state index < -0.39 is 0 Å². The topological polar surface area (TPSA) is 25.4 Å². The van der Waals surface area contributed by atoms with Crippen molar-refractivity contribution in [3.63, 3.8) is 0 Å². The summed E-state index contributed by atoms with van der Waals surface area (Å²) in [4.78, 5) is 6.60. The predicted octanol–water partition coefficient (Wildman–Crippen LogP) is 1.53. The minimum atomic E-state index is 0.746. The Kier molecular flexibility index (Phi) is 5.55. The highest BCUT2D eigenvalue weighted by atomic mass is 16.5. The minimum Gasteiger partial charge on any atom is -0.383 e. The highest BCUT2D eigenvalue weighted by Crippen LogP contribution is 2.03. The maximum absolute atomic E-state index is 5.28. The molecule has 0 amide bonds. The third-order valence-electron chi connectivity index (χ3n) is 2.44. The summed E-state index contributed by atoms with van der Waals surface area (Å²) in [5.41, 5.74) is 1.86. The number of rotatable bonds is 6. The van der Waals surface area contributed by atoms with E-state index in [1.165, 1.54) is 0 Å². The van der Waals surface area contributed by atoms with Gasteiger partial charge >= 0.3 is 0 Å². The van der Waals surface area contributed by atoms with Crippen LogP contribution in [0.2, 0.25) is 0 Å². The van der Waals surface area contributed by atoms with Gasteiger partial charge in [-0.2, -0.15) is 0 Å². The summed E-state index contributed by atoms with van der Waals surface area (Å²) < 4.78 is 5.06. The maximum atomic E-state index is 5.28. The Morgan fingerprint density at radius 1 is 1.50 bits per heavy atom. The Morgan fingerprint density at radius 2 is 2.31 bits per heavy atom. The Morgan fingerprint density at radius 3 is 2.81 bits per heavy atom. The molecule has 0 N–H and O–H groups in total. The molecular weight excluding hydrogens is 200 g/mol. The zero-order chi connectivity index (χ0) is 11.8. The summed E-state index contributed by atoms with van der Waals surface area (Å²) in [6.45, 7) is 5.62. The van der Waals surface area contributed by atoms with E-state index >= 15 is 0 Å². The molecular formula is C13H18N2O. The molecule has 0 bridgehead atoms. The van der Waals surface area contributed by atoms with Gasteiger partial charge in [0, 0.05) is 32.0 Å². The van der Waals surface area contributed by atoms with Crippen molar-refractivity contribution in [2.45, 2.75) is 13.5 Å². The normalized spacial score (nSPS) is 10.4. The summed E-state index contributed by atoms with van der Waals surface area (Å²) in [5, 5.41) is 0. The monoisotopic (exact) mass is 218 g/mol. The second-order valence-electron chi connectivity index (χ2n) is 3.54. The van der Waals surface area contributed by atoms with Crippen LogP contribution in [0.15, 0.2) is 18.3 Å². The number of hydrogen-bond acceptors (Lipinski definition) is 3. The first kappa shape index (κ1) is 12.7. The lowest BCUT2D eigenvalue weighted by Gasteiger charge is -2.19. The average Bonchev–Trinajstić information content (AvgIpc) is 2.35. The van der Waals surface area contributed by atoms with Gasteiger partial charge in [0.2, 0.25) is 0 Å². The highest BCUT2D eigenvalue weighted by Gasteiger charge is 2.03. The maximum Gasteiger partial charge on any atom is 0.0589 e. The SMILES string of the molecule is C#Cc1ccc(CN(CC)CCOC)nc1. The quantitative estimate of drug-likeness (QED) is 0.677. The summed E-state index contributed by atoms with van der Waals surface area (Å²) in [7, 11) is 1.72. The van der Waals surface area contributed by atoms with Crippen molar-refractivity contribution in [1.29, 1.82) is 0 Å². The van der Waals surface area contributed by atoms with Gasteiger partial charge in [-0.15, -0.1) is 6.42 Å². The summed E-state index contributed by atoms with van der Waals surface area (Å²) >= 11 is 0. The van der Waals surface area contributed by atoms with Crippen molar-refractivity contribution in [2.75, 3.05) is 26.8 Å². The number of nitrogens with zero attached hydrogens (tertiary/aromatic N) is 2. The van der Waals surface area contributed by atoms with E-state index in [-0.39, 0.29) is 0 Å². The molecule has 1 rings (SSSR count). The van der Waals surface area contributed by atoms with E-state index in [4.69, 9.17) is 11.2 Å². The van der Waals surface area contributed by atoms with E-state index in [0.717, 1.165) is 37.5 Å². The van der Waals surface area contributed by atoms with E-state index in [1.54, 1.807) is 13.3 Å². The number of aromatic nitrogens is 1. The molecule has 3 heteroatoms. The van der Waals surface area contributed by atoms with Crippen LogP contribution >= 0.6 is 0 Å². The van der Waals surface area contributed by atoms with Crippen LogP contribution in [0.3, 0.4) is 0 Å². The summed E-state index contributed by atoms with van der Waals surface area (Å²) in [6.07, 6.45) is 7.01. The lowest BCUT2D eigenvalue weighted by Crippen LogP contribution is -2.27. The fraction of sp³-hybridized carbons (Fsp3) is 0.462. The molecule has 1 aromatic rings. The largest absolute Gasteiger partial charge is 0.383 e. The summed E-state index contributed by atoms with van der Waals surface area (Å²) in [5.74, 6) is 2.56. The molecule has 0 spiro atoms. The van der Waals surface area contributed by atoms with Crippen LogP contribution in [-0.4, -0.2) is 36.7 Å². The van der Waals surface area contributed by atoms with Gasteiger partial charge in [-0.05, 0) is 18.7 Å². The average molecular weight is 218 g/mol. The van der Waals surface area contributed by atoms with Gasteiger partial charge in [0.15, 0.2) is 0 Å². The van der Waals surface area contributed by atoms with E-state index in [0.29, 0.717) is 0 Å². The van der Waals surface area contributed by atoms with Gasteiger partial charge in [0.25, 0.3) is 0 Å². The predicted molar refractivity (Wildman–Crippen MR) is 65.0 cm³/mol. The molecule has 0 aliphatic heterocycles. The molecule has 3 nitrogen and oxygen atoms in total. The molecule has 0 fully saturated rings. The molecule has 0 atom stereocenters. The van der Waals surface area contributed by atoms with Crippen molar-refractivity contribution in [3.8, 4) is 12.3 Å². The lowest BCUT2D eigenvalue weighted by molar-refractivity contribution is 0.147. The zero-order valence-electron chi connectivity index (χ0n) is 9.94. The second kappa shape index (κ2) is 7.00. The molecule has 0 radical (unpaired) electrons. The minimum absolute atomic E-state index is 0.746. The number of ether oxygens (including phenoxy) is 1. The van der Waals surface area contributed by atoms with Crippen LogP contribution in [0.1, 0.15) is 18.2 Å². The number of pyridine rings is 1. The van der Waals surface area contributed by atoms with Crippen LogP contribution in [0.25, 0.3) is 0 Å². The number of hydrogen-bond donors (Lipinski definition) is 0. The molecule has 16 heavy (non-hydrogen) atoms. The molecule has 0 aliphatic carbocycles. The standard InChI is InChI=1S/C13H18N2O/c1-4-12-6-7-13(14-10-12)11-15(5-2)8-9-16-3/h1,6-7,10H,5,8-9,11H2,2-3H3. The molecule has 0 saturated carbocycles. The summed E-state index contributed by atoms with van der Waals surface area (Å²) in [6, 6.07) is 3.90. The van der Waals surface area contributed by atoms with Gasteiger partial charge in [0.1, 0.15) is 0 Å². The lowest BCUT2D eigenvalue weighted by atomic mass is 10.2. The van der Waals surface area contributed by atoms with Crippen LogP contribution in [0.5, 0.6) is 0 Å². The van der Waals surface area contributed by atoms with E-state index in [2.05, 4.69) is 22.7 Å². The smallest absolute Gasteiger partial charge is 0.0589 e. The Balaban J connectivity index is 2.53. The third kappa shape index (κ3) is 4.01. The van der Waals surface area contributed by atoms with E-state index in [9.17, 15) is 0 Å². The third-order valence-corrected chi connectivity index (χ3v) is 2.44. The molecule has 1 heterocycles. The van der Waals surface area contributed by atoms with Crippen LogP contribution < -0.4 is 0 Å². The highest BCUT2D eigenvalue weighted by molar-refractivity contribution is 5.29. The molecule has 0 saturated heterocycles. The van der Waals surface area contributed by atoms with Gasteiger partial charge in [-0.25, -0.2) is 0 Å². The molecule has 1 aromatic heterocycles. The second-order valence-corrected chi connectivity index (χ2v) is 3.54.